The van der Waals surface area contributed by atoms with Crippen molar-refractivity contribution in [2.24, 2.45) is 4.99 Å². The van der Waals surface area contributed by atoms with Crippen molar-refractivity contribution in [2.75, 3.05) is 13.4 Å². The molecule has 1 saturated carbocycles. The van der Waals surface area contributed by atoms with E-state index >= 15 is 0 Å². The Labute approximate surface area is 112 Å². The minimum absolute atomic E-state index is 0.192. The van der Waals surface area contributed by atoms with E-state index in [4.69, 9.17) is 4.74 Å². The SMILES string of the molecule is COc1cc(S(C)(=O)=O)ccc1C1(N=C=O)CCC1. The zero-order valence-corrected chi connectivity index (χ0v) is 11.7. The first-order valence-electron chi connectivity index (χ1n) is 5.90. The van der Waals surface area contributed by atoms with Gasteiger partial charge in [-0.15, -0.1) is 0 Å². The number of isocyanates is 1. The number of benzene rings is 1. The number of aliphatic imine (C=N–C) groups is 1. The van der Waals surface area contributed by atoms with Crippen molar-refractivity contribution < 1.29 is 17.9 Å². The quantitative estimate of drug-likeness (QED) is 0.623. The summed E-state index contributed by atoms with van der Waals surface area (Å²) in [4.78, 5) is 14.7. The van der Waals surface area contributed by atoms with Crippen LogP contribution in [-0.4, -0.2) is 27.9 Å². The van der Waals surface area contributed by atoms with Gasteiger partial charge in [-0.2, -0.15) is 4.99 Å². The van der Waals surface area contributed by atoms with Crippen LogP contribution in [0.1, 0.15) is 24.8 Å². The monoisotopic (exact) mass is 281 g/mol. The van der Waals surface area contributed by atoms with E-state index in [1.165, 1.54) is 19.2 Å². The highest BCUT2D eigenvalue weighted by atomic mass is 32.2. The third-order valence-electron chi connectivity index (χ3n) is 3.54. The zero-order valence-electron chi connectivity index (χ0n) is 10.8. The molecule has 0 amide bonds. The molecule has 6 heteroatoms. The maximum Gasteiger partial charge on any atom is 0.235 e. The van der Waals surface area contributed by atoms with E-state index in [1.54, 1.807) is 12.1 Å². The van der Waals surface area contributed by atoms with Crippen molar-refractivity contribution in [2.45, 2.75) is 29.7 Å². The van der Waals surface area contributed by atoms with Gasteiger partial charge in [0.1, 0.15) is 11.3 Å². The standard InChI is InChI=1S/C13H15NO4S/c1-18-12-8-10(19(2,16)17)4-5-11(12)13(14-9-15)6-3-7-13/h4-5,8H,3,6-7H2,1-2H3. The van der Waals surface area contributed by atoms with Crippen molar-refractivity contribution >= 4 is 15.9 Å². The first-order chi connectivity index (χ1) is 8.93. The van der Waals surface area contributed by atoms with E-state index in [-0.39, 0.29) is 4.90 Å². The molecule has 0 radical (unpaired) electrons. The second kappa shape index (κ2) is 4.79. The Bertz CT molecular complexity index is 641. The minimum atomic E-state index is -3.29. The largest absolute Gasteiger partial charge is 0.496 e. The van der Waals surface area contributed by atoms with Crippen LogP contribution in [0, 0.1) is 0 Å². The Balaban J connectivity index is 2.56. The van der Waals surface area contributed by atoms with Gasteiger partial charge in [-0.3, -0.25) is 0 Å². The van der Waals surface area contributed by atoms with Crippen LogP contribution < -0.4 is 4.74 Å². The molecule has 5 nitrogen and oxygen atoms in total. The molecule has 0 aromatic heterocycles. The van der Waals surface area contributed by atoms with Crippen molar-refractivity contribution in [3.05, 3.63) is 23.8 Å². The summed E-state index contributed by atoms with van der Waals surface area (Å²) in [7, 11) is -1.81. The fourth-order valence-electron chi connectivity index (χ4n) is 2.33. The van der Waals surface area contributed by atoms with Crippen molar-refractivity contribution in [3.63, 3.8) is 0 Å². The molecule has 0 atom stereocenters. The molecule has 0 spiro atoms. The summed E-state index contributed by atoms with van der Waals surface area (Å²) in [6, 6.07) is 4.67. The highest BCUT2D eigenvalue weighted by Crippen LogP contribution is 2.48. The van der Waals surface area contributed by atoms with Gasteiger partial charge in [-0.05, 0) is 31.4 Å². The number of nitrogens with zero attached hydrogens (tertiary/aromatic N) is 1. The molecule has 2 rings (SSSR count). The lowest BCUT2D eigenvalue weighted by Crippen LogP contribution is -2.32. The first kappa shape index (κ1) is 13.8. The van der Waals surface area contributed by atoms with Gasteiger partial charge >= 0.3 is 0 Å². The number of hydrogen-bond acceptors (Lipinski definition) is 5. The van der Waals surface area contributed by atoms with E-state index < -0.39 is 15.4 Å². The Kier molecular flexibility index (Phi) is 3.47. The maximum absolute atomic E-state index is 11.5. The fraction of sp³-hybridized carbons (Fsp3) is 0.462. The van der Waals surface area contributed by atoms with Gasteiger partial charge in [0.2, 0.25) is 6.08 Å². The lowest BCUT2D eigenvalue weighted by Gasteiger charge is -2.37. The van der Waals surface area contributed by atoms with Crippen LogP contribution in [0.25, 0.3) is 0 Å². The molecule has 1 aromatic rings. The smallest absolute Gasteiger partial charge is 0.235 e. The van der Waals surface area contributed by atoms with E-state index in [0.29, 0.717) is 5.75 Å². The van der Waals surface area contributed by atoms with Crippen LogP contribution in [0.15, 0.2) is 28.1 Å². The normalized spacial score (nSPS) is 17.2. The molecule has 102 valence electrons. The molecule has 0 aliphatic heterocycles. The first-order valence-corrected chi connectivity index (χ1v) is 7.80. The Morgan fingerprint density at radius 2 is 2.05 bits per heavy atom. The number of carbonyl (C=O) groups excluding carboxylic acids is 1. The van der Waals surface area contributed by atoms with Gasteiger partial charge < -0.3 is 4.74 Å². The highest BCUT2D eigenvalue weighted by Gasteiger charge is 2.41. The minimum Gasteiger partial charge on any atom is -0.496 e. The van der Waals surface area contributed by atoms with Crippen LogP contribution in [0.2, 0.25) is 0 Å². The molecule has 1 fully saturated rings. The molecule has 0 N–H and O–H groups in total. The van der Waals surface area contributed by atoms with Gasteiger partial charge in [0.25, 0.3) is 0 Å². The molecule has 1 aromatic carbocycles. The van der Waals surface area contributed by atoms with Crippen molar-refractivity contribution in [3.8, 4) is 5.75 Å². The topological polar surface area (TPSA) is 72.8 Å². The van der Waals surface area contributed by atoms with Crippen molar-refractivity contribution in [1.29, 1.82) is 0 Å². The molecular weight excluding hydrogens is 266 g/mol. The number of methoxy groups -OCH3 is 1. The Morgan fingerprint density at radius 1 is 1.37 bits per heavy atom. The predicted molar refractivity (Wildman–Crippen MR) is 69.8 cm³/mol. The van der Waals surface area contributed by atoms with Gasteiger partial charge in [0.15, 0.2) is 9.84 Å². The fourth-order valence-corrected chi connectivity index (χ4v) is 2.96. The average molecular weight is 281 g/mol. The summed E-state index contributed by atoms with van der Waals surface area (Å²) in [5.41, 5.74) is 0.153. The molecule has 0 unspecified atom stereocenters. The predicted octanol–water partition coefficient (Wildman–Crippen LogP) is 1.81. The van der Waals surface area contributed by atoms with Gasteiger partial charge in [0.05, 0.1) is 12.0 Å². The molecule has 1 aliphatic rings. The van der Waals surface area contributed by atoms with Gasteiger partial charge in [-0.1, -0.05) is 6.07 Å². The Hall–Kier alpha value is -1.65. The third kappa shape index (κ3) is 2.41. The lowest BCUT2D eigenvalue weighted by atomic mass is 9.72. The molecule has 0 heterocycles. The summed E-state index contributed by atoms with van der Waals surface area (Å²) in [5.74, 6) is 0.446. The summed E-state index contributed by atoms with van der Waals surface area (Å²) in [6.45, 7) is 0. The average Bonchev–Trinajstić information content (AvgIpc) is 2.32. The van der Waals surface area contributed by atoms with Crippen LogP contribution >= 0.6 is 0 Å². The van der Waals surface area contributed by atoms with E-state index in [9.17, 15) is 13.2 Å². The number of sulfone groups is 1. The zero-order chi connectivity index (χ0) is 14.1. The van der Waals surface area contributed by atoms with Crippen LogP contribution in [0.3, 0.4) is 0 Å². The molecule has 0 saturated heterocycles. The third-order valence-corrected chi connectivity index (χ3v) is 4.65. The second-order valence-corrected chi connectivity index (χ2v) is 6.74. The summed E-state index contributed by atoms with van der Waals surface area (Å²) in [5, 5.41) is 0. The van der Waals surface area contributed by atoms with Gasteiger partial charge in [0, 0.05) is 11.8 Å². The highest BCUT2D eigenvalue weighted by molar-refractivity contribution is 7.90. The van der Waals surface area contributed by atoms with Crippen molar-refractivity contribution in [1.82, 2.24) is 0 Å². The summed E-state index contributed by atoms with van der Waals surface area (Å²) < 4.78 is 28.3. The molecular formula is C13H15NO4S. The van der Waals surface area contributed by atoms with E-state index in [1.807, 2.05) is 0 Å². The lowest BCUT2D eigenvalue weighted by molar-refractivity contribution is 0.246. The molecule has 19 heavy (non-hydrogen) atoms. The van der Waals surface area contributed by atoms with Gasteiger partial charge in [-0.25, -0.2) is 13.2 Å². The van der Waals surface area contributed by atoms with Crippen LogP contribution in [0.5, 0.6) is 5.75 Å². The number of ether oxygens (including phenoxy) is 1. The molecule has 0 bridgehead atoms. The summed E-state index contributed by atoms with van der Waals surface area (Å²) >= 11 is 0. The van der Waals surface area contributed by atoms with Crippen LogP contribution in [0.4, 0.5) is 0 Å². The summed E-state index contributed by atoms with van der Waals surface area (Å²) in [6.07, 6.45) is 5.22. The second-order valence-electron chi connectivity index (χ2n) is 4.72. The van der Waals surface area contributed by atoms with Crippen LogP contribution in [-0.2, 0) is 20.2 Å². The number of rotatable bonds is 4. The molecule has 1 aliphatic carbocycles. The van der Waals surface area contributed by atoms with E-state index in [2.05, 4.69) is 4.99 Å². The maximum atomic E-state index is 11.5. The Morgan fingerprint density at radius 3 is 2.47 bits per heavy atom. The number of hydrogen-bond donors (Lipinski definition) is 0. The van der Waals surface area contributed by atoms with E-state index in [0.717, 1.165) is 31.1 Å².